The first-order chi connectivity index (χ1) is 10.1. The second-order valence-electron chi connectivity index (χ2n) is 5.09. The molecule has 0 aliphatic rings. The molecule has 0 spiro atoms. The molecule has 2 aromatic rings. The van der Waals surface area contributed by atoms with E-state index in [9.17, 15) is 15.0 Å². The third kappa shape index (κ3) is 4.33. The molecule has 0 bridgehead atoms. The normalized spacial score (nSPS) is 13.4. The topological polar surface area (TPSA) is 69.6 Å². The van der Waals surface area contributed by atoms with Crippen molar-refractivity contribution in [2.45, 2.75) is 25.5 Å². The van der Waals surface area contributed by atoms with Gasteiger partial charge in [0.2, 0.25) is 0 Å². The van der Waals surface area contributed by atoms with Crippen LogP contribution < -0.4 is 5.32 Å². The summed E-state index contributed by atoms with van der Waals surface area (Å²) >= 11 is 0. The van der Waals surface area contributed by atoms with Crippen LogP contribution in [-0.2, 0) is 11.2 Å². The summed E-state index contributed by atoms with van der Waals surface area (Å²) in [6.07, 6.45) is -0.526. The maximum atomic E-state index is 12.0. The number of aliphatic hydroxyl groups is 1. The molecule has 4 nitrogen and oxygen atoms in total. The minimum atomic E-state index is -1.16. The van der Waals surface area contributed by atoms with E-state index in [4.69, 9.17) is 0 Å². The minimum Gasteiger partial charge on any atom is -0.508 e. The smallest absolute Gasteiger partial charge is 0.253 e. The van der Waals surface area contributed by atoms with E-state index >= 15 is 0 Å². The van der Waals surface area contributed by atoms with Crippen molar-refractivity contribution in [3.05, 3.63) is 65.7 Å². The molecule has 4 heteroatoms. The third-order valence-electron chi connectivity index (χ3n) is 3.23. The zero-order valence-corrected chi connectivity index (χ0v) is 11.9. The number of rotatable bonds is 5. The molecule has 0 aromatic heterocycles. The Bertz CT molecular complexity index is 581. The van der Waals surface area contributed by atoms with Crippen LogP contribution in [0.1, 0.15) is 24.2 Å². The lowest BCUT2D eigenvalue weighted by atomic mass is 10.1. The SMILES string of the molecule is CC(Cc1ccc(O)cc1)NC(=O)C(O)c1ccccc1. The van der Waals surface area contributed by atoms with E-state index < -0.39 is 12.0 Å². The first kappa shape index (κ1) is 15.1. The maximum absolute atomic E-state index is 12.0. The molecule has 2 rings (SSSR count). The van der Waals surface area contributed by atoms with Crippen molar-refractivity contribution >= 4 is 5.91 Å². The van der Waals surface area contributed by atoms with Crippen LogP contribution in [0, 0.1) is 0 Å². The third-order valence-corrected chi connectivity index (χ3v) is 3.23. The average molecular weight is 285 g/mol. The van der Waals surface area contributed by atoms with E-state index in [-0.39, 0.29) is 11.8 Å². The highest BCUT2D eigenvalue weighted by Crippen LogP contribution is 2.14. The van der Waals surface area contributed by atoms with Crippen molar-refractivity contribution in [1.29, 1.82) is 0 Å². The van der Waals surface area contributed by atoms with Gasteiger partial charge in [0.15, 0.2) is 6.10 Å². The van der Waals surface area contributed by atoms with Gasteiger partial charge in [-0.25, -0.2) is 0 Å². The van der Waals surface area contributed by atoms with E-state index in [1.165, 1.54) is 0 Å². The first-order valence-electron chi connectivity index (χ1n) is 6.87. The van der Waals surface area contributed by atoms with Crippen LogP contribution in [-0.4, -0.2) is 22.2 Å². The number of carbonyl (C=O) groups is 1. The van der Waals surface area contributed by atoms with Crippen LogP contribution in [0.5, 0.6) is 5.75 Å². The molecular weight excluding hydrogens is 266 g/mol. The van der Waals surface area contributed by atoms with Crippen molar-refractivity contribution in [3.8, 4) is 5.75 Å². The van der Waals surface area contributed by atoms with Gasteiger partial charge in [-0.2, -0.15) is 0 Å². The Balaban J connectivity index is 1.91. The standard InChI is InChI=1S/C17H19NO3/c1-12(11-13-7-9-15(19)10-8-13)18-17(21)16(20)14-5-3-2-4-6-14/h2-10,12,16,19-20H,11H2,1H3,(H,18,21). The van der Waals surface area contributed by atoms with Crippen molar-refractivity contribution in [2.75, 3.05) is 0 Å². The second kappa shape index (κ2) is 6.90. The van der Waals surface area contributed by atoms with E-state index in [0.29, 0.717) is 12.0 Å². The Hall–Kier alpha value is -2.33. The maximum Gasteiger partial charge on any atom is 0.253 e. The number of carbonyl (C=O) groups excluding carboxylic acids is 1. The van der Waals surface area contributed by atoms with E-state index in [2.05, 4.69) is 5.32 Å². The molecule has 0 radical (unpaired) electrons. The number of benzene rings is 2. The number of amides is 1. The highest BCUT2D eigenvalue weighted by Gasteiger charge is 2.18. The molecule has 3 N–H and O–H groups in total. The number of hydrogen-bond acceptors (Lipinski definition) is 3. The van der Waals surface area contributed by atoms with Crippen LogP contribution in [0.15, 0.2) is 54.6 Å². The van der Waals surface area contributed by atoms with Crippen LogP contribution >= 0.6 is 0 Å². The molecular formula is C17H19NO3. The minimum absolute atomic E-state index is 0.111. The van der Waals surface area contributed by atoms with E-state index in [1.807, 2.05) is 25.1 Å². The van der Waals surface area contributed by atoms with Gasteiger partial charge < -0.3 is 15.5 Å². The second-order valence-corrected chi connectivity index (χ2v) is 5.09. The van der Waals surface area contributed by atoms with Crippen LogP contribution in [0.4, 0.5) is 0 Å². The molecule has 0 heterocycles. The van der Waals surface area contributed by atoms with E-state index in [0.717, 1.165) is 5.56 Å². The highest BCUT2D eigenvalue weighted by molar-refractivity contribution is 5.82. The number of phenolic OH excluding ortho intramolecular Hbond substituents is 1. The Morgan fingerprint density at radius 2 is 1.71 bits per heavy atom. The van der Waals surface area contributed by atoms with Gasteiger partial charge in [0, 0.05) is 6.04 Å². The Morgan fingerprint density at radius 3 is 2.33 bits per heavy atom. The lowest BCUT2D eigenvalue weighted by Gasteiger charge is -2.17. The lowest BCUT2D eigenvalue weighted by molar-refractivity contribution is -0.130. The number of aromatic hydroxyl groups is 1. The lowest BCUT2D eigenvalue weighted by Crippen LogP contribution is -2.37. The fraction of sp³-hybridized carbons (Fsp3) is 0.235. The summed E-state index contributed by atoms with van der Waals surface area (Å²) in [7, 11) is 0. The molecule has 0 aliphatic heterocycles. The van der Waals surface area contributed by atoms with Crippen molar-refractivity contribution in [1.82, 2.24) is 5.32 Å². The molecule has 2 atom stereocenters. The predicted octanol–water partition coefficient (Wildman–Crippen LogP) is 2.17. The zero-order valence-electron chi connectivity index (χ0n) is 11.9. The molecule has 2 aromatic carbocycles. The van der Waals surface area contributed by atoms with Gasteiger partial charge in [-0.15, -0.1) is 0 Å². The van der Waals surface area contributed by atoms with Gasteiger partial charge >= 0.3 is 0 Å². The van der Waals surface area contributed by atoms with Crippen molar-refractivity contribution < 1.29 is 15.0 Å². The van der Waals surface area contributed by atoms with Gasteiger partial charge in [-0.05, 0) is 36.6 Å². The monoisotopic (exact) mass is 285 g/mol. The molecule has 0 saturated heterocycles. The summed E-state index contributed by atoms with van der Waals surface area (Å²) < 4.78 is 0. The molecule has 0 fully saturated rings. The van der Waals surface area contributed by atoms with Crippen LogP contribution in [0.25, 0.3) is 0 Å². The van der Waals surface area contributed by atoms with E-state index in [1.54, 1.807) is 36.4 Å². The van der Waals surface area contributed by atoms with Crippen LogP contribution in [0.3, 0.4) is 0 Å². The Kier molecular flexibility index (Phi) is 4.95. The molecule has 21 heavy (non-hydrogen) atoms. The van der Waals surface area contributed by atoms with Gasteiger partial charge in [0.05, 0.1) is 0 Å². The largest absolute Gasteiger partial charge is 0.508 e. The summed E-state index contributed by atoms with van der Waals surface area (Å²) in [4.78, 5) is 12.0. The van der Waals surface area contributed by atoms with Gasteiger partial charge in [0.25, 0.3) is 5.91 Å². The summed E-state index contributed by atoms with van der Waals surface area (Å²) in [5.74, 6) is -0.192. The van der Waals surface area contributed by atoms with Crippen molar-refractivity contribution in [2.24, 2.45) is 0 Å². The van der Waals surface area contributed by atoms with Gasteiger partial charge in [-0.1, -0.05) is 42.5 Å². The van der Waals surface area contributed by atoms with Gasteiger partial charge in [-0.3, -0.25) is 4.79 Å². The number of nitrogens with one attached hydrogen (secondary N) is 1. The number of aliphatic hydroxyl groups excluding tert-OH is 1. The predicted molar refractivity (Wildman–Crippen MR) is 80.8 cm³/mol. The summed E-state index contributed by atoms with van der Waals surface area (Å²) in [6.45, 7) is 1.88. The Morgan fingerprint density at radius 1 is 1.10 bits per heavy atom. The van der Waals surface area contributed by atoms with Gasteiger partial charge in [0.1, 0.15) is 5.75 Å². The fourth-order valence-corrected chi connectivity index (χ4v) is 2.15. The Labute approximate surface area is 124 Å². The molecule has 110 valence electrons. The molecule has 0 aliphatic carbocycles. The molecule has 0 saturated carbocycles. The van der Waals surface area contributed by atoms with Crippen molar-refractivity contribution in [3.63, 3.8) is 0 Å². The quantitative estimate of drug-likeness (QED) is 0.788. The van der Waals surface area contributed by atoms with Crippen LogP contribution in [0.2, 0.25) is 0 Å². The fourth-order valence-electron chi connectivity index (χ4n) is 2.15. The highest BCUT2D eigenvalue weighted by atomic mass is 16.3. The average Bonchev–Trinajstić information content (AvgIpc) is 2.49. The summed E-state index contributed by atoms with van der Waals surface area (Å²) in [5, 5.41) is 22.0. The molecule has 1 amide bonds. The zero-order chi connectivity index (χ0) is 15.2. The summed E-state index contributed by atoms with van der Waals surface area (Å²) in [5.41, 5.74) is 1.58. The summed E-state index contributed by atoms with van der Waals surface area (Å²) in [6, 6.07) is 15.6. The number of hydrogen-bond donors (Lipinski definition) is 3. The number of phenols is 1. The first-order valence-corrected chi connectivity index (χ1v) is 6.87. The molecule has 2 unspecified atom stereocenters.